The highest BCUT2D eigenvalue weighted by Crippen LogP contribution is 2.32. The van der Waals surface area contributed by atoms with Gasteiger partial charge in [0.25, 0.3) is 5.56 Å². The Morgan fingerprint density at radius 3 is 2.36 bits per heavy atom. The highest BCUT2D eigenvalue weighted by Gasteiger charge is 2.33. The molecule has 0 N–H and O–H groups in total. The molecule has 9 heteroatoms. The van der Waals surface area contributed by atoms with Crippen LogP contribution in [0.2, 0.25) is 10.0 Å². The Labute approximate surface area is 223 Å². The van der Waals surface area contributed by atoms with Gasteiger partial charge in [0.05, 0.1) is 34.1 Å². The number of allylic oxidation sites excluding steroid dienone is 1. The Kier molecular flexibility index (Phi) is 7.73. The van der Waals surface area contributed by atoms with Crippen molar-refractivity contribution in [2.24, 2.45) is 4.99 Å². The highest BCUT2D eigenvalue weighted by atomic mass is 35.5. The van der Waals surface area contributed by atoms with Gasteiger partial charge in [-0.1, -0.05) is 46.7 Å². The molecule has 36 heavy (non-hydrogen) atoms. The van der Waals surface area contributed by atoms with Crippen molar-refractivity contribution >= 4 is 46.6 Å². The number of carbonyl (C=O) groups is 1. The molecule has 1 unspecified atom stereocenters. The van der Waals surface area contributed by atoms with Crippen molar-refractivity contribution in [1.29, 1.82) is 0 Å². The summed E-state index contributed by atoms with van der Waals surface area (Å²) in [5.74, 6) is 0.106. The smallest absolute Gasteiger partial charge is 0.338 e. The molecular weight excluding hydrogens is 519 g/mol. The van der Waals surface area contributed by atoms with Gasteiger partial charge < -0.3 is 9.47 Å². The molecule has 2 heterocycles. The number of hydrogen-bond donors (Lipinski definition) is 0. The lowest BCUT2D eigenvalue weighted by Crippen LogP contribution is -2.40. The molecule has 1 aliphatic rings. The number of esters is 1. The number of carbonyl (C=O) groups excluding carboxylic acids is 1. The zero-order chi connectivity index (χ0) is 26.1. The van der Waals surface area contributed by atoms with Crippen LogP contribution >= 0.6 is 34.5 Å². The largest absolute Gasteiger partial charge is 0.490 e. The Bertz CT molecular complexity index is 1520. The molecule has 3 aromatic rings. The summed E-state index contributed by atoms with van der Waals surface area (Å²) in [7, 11) is 0. The molecule has 0 saturated carbocycles. The van der Waals surface area contributed by atoms with Crippen LogP contribution in [0.4, 0.5) is 0 Å². The summed E-state index contributed by atoms with van der Waals surface area (Å²) in [6.07, 6.45) is 1.37. The predicted octanol–water partition coefficient (Wildman–Crippen LogP) is 5.28. The molecule has 0 bridgehead atoms. The van der Waals surface area contributed by atoms with E-state index in [0.29, 0.717) is 42.0 Å². The summed E-state index contributed by atoms with van der Waals surface area (Å²) in [5, 5.41) is 1.08. The number of halogens is 2. The first-order valence-electron chi connectivity index (χ1n) is 11.5. The fourth-order valence-electron chi connectivity index (χ4n) is 3.96. The standard InChI is InChI=1S/C27H26Cl2N2O4S/c1-14(2)34-21-11-10-20(29)12-18(21)13-22-25(32)31-24(17-6-8-19(28)9-7-17)23(26(33)35-15(3)4)16(5)30-27(31)36-22/h6-15,24H,1-5H3. The van der Waals surface area contributed by atoms with Crippen molar-refractivity contribution in [3.05, 3.63) is 94.6 Å². The van der Waals surface area contributed by atoms with E-state index in [9.17, 15) is 9.59 Å². The lowest BCUT2D eigenvalue weighted by Gasteiger charge is -2.25. The summed E-state index contributed by atoms with van der Waals surface area (Å²) in [5.41, 5.74) is 1.94. The third-order valence-electron chi connectivity index (χ3n) is 5.39. The normalized spacial score (nSPS) is 15.8. The Morgan fingerprint density at radius 1 is 1.06 bits per heavy atom. The topological polar surface area (TPSA) is 69.9 Å². The van der Waals surface area contributed by atoms with E-state index in [1.807, 2.05) is 13.8 Å². The van der Waals surface area contributed by atoms with Crippen molar-refractivity contribution in [2.45, 2.75) is 52.9 Å². The summed E-state index contributed by atoms with van der Waals surface area (Å²) in [6, 6.07) is 11.6. The third-order valence-corrected chi connectivity index (χ3v) is 6.86. The average Bonchev–Trinajstić information content (AvgIpc) is 3.09. The quantitative estimate of drug-likeness (QED) is 0.396. The molecule has 0 aliphatic carbocycles. The van der Waals surface area contributed by atoms with E-state index in [4.69, 9.17) is 32.7 Å². The van der Waals surface area contributed by atoms with Crippen LogP contribution in [0.3, 0.4) is 0 Å². The number of rotatable bonds is 6. The fourth-order valence-corrected chi connectivity index (χ4v) is 5.30. The Morgan fingerprint density at radius 2 is 1.72 bits per heavy atom. The first-order valence-corrected chi connectivity index (χ1v) is 13.1. The molecule has 1 aromatic heterocycles. The lowest BCUT2D eigenvalue weighted by molar-refractivity contribution is -0.143. The average molecular weight is 545 g/mol. The molecule has 0 spiro atoms. The Balaban J connectivity index is 1.94. The lowest BCUT2D eigenvalue weighted by atomic mass is 9.96. The van der Waals surface area contributed by atoms with Crippen LogP contribution in [0.15, 0.2) is 63.5 Å². The van der Waals surface area contributed by atoms with E-state index >= 15 is 0 Å². The van der Waals surface area contributed by atoms with Gasteiger partial charge in [0.2, 0.25) is 0 Å². The van der Waals surface area contributed by atoms with Crippen molar-refractivity contribution in [1.82, 2.24) is 4.57 Å². The fraction of sp³-hybridized carbons (Fsp3) is 0.296. The molecule has 6 nitrogen and oxygen atoms in total. The second-order valence-electron chi connectivity index (χ2n) is 8.94. The summed E-state index contributed by atoms with van der Waals surface area (Å²) < 4.78 is 13.4. The first-order chi connectivity index (χ1) is 17.0. The van der Waals surface area contributed by atoms with Crippen LogP contribution in [-0.4, -0.2) is 22.7 Å². The van der Waals surface area contributed by atoms with E-state index in [1.54, 1.807) is 69.3 Å². The van der Waals surface area contributed by atoms with Crippen molar-refractivity contribution in [3.63, 3.8) is 0 Å². The molecule has 1 aliphatic heterocycles. The molecule has 4 rings (SSSR count). The van der Waals surface area contributed by atoms with Crippen LogP contribution in [0.25, 0.3) is 6.08 Å². The third kappa shape index (κ3) is 5.43. The first kappa shape index (κ1) is 26.2. The van der Waals surface area contributed by atoms with Gasteiger partial charge in [0.15, 0.2) is 4.80 Å². The molecule has 188 valence electrons. The highest BCUT2D eigenvalue weighted by molar-refractivity contribution is 7.07. The minimum atomic E-state index is -0.710. The maximum Gasteiger partial charge on any atom is 0.338 e. The van der Waals surface area contributed by atoms with Crippen LogP contribution in [0.1, 0.15) is 51.8 Å². The van der Waals surface area contributed by atoms with Gasteiger partial charge in [-0.3, -0.25) is 9.36 Å². The number of aromatic nitrogens is 1. The van der Waals surface area contributed by atoms with Gasteiger partial charge in [-0.05, 0) is 76.6 Å². The molecule has 2 aromatic carbocycles. The maximum atomic E-state index is 13.8. The van der Waals surface area contributed by atoms with Gasteiger partial charge >= 0.3 is 5.97 Å². The second-order valence-corrected chi connectivity index (χ2v) is 10.8. The second kappa shape index (κ2) is 10.6. The van der Waals surface area contributed by atoms with Gasteiger partial charge in [-0.2, -0.15) is 0 Å². The van der Waals surface area contributed by atoms with Gasteiger partial charge in [0.1, 0.15) is 5.75 Å². The molecular formula is C27H26Cl2N2O4S. The van der Waals surface area contributed by atoms with E-state index in [0.717, 1.165) is 5.56 Å². The minimum absolute atomic E-state index is 0.0540. The zero-order valence-electron chi connectivity index (χ0n) is 20.5. The molecule has 0 saturated heterocycles. The number of ether oxygens (including phenoxy) is 2. The number of benzene rings is 2. The van der Waals surface area contributed by atoms with Crippen molar-refractivity contribution in [3.8, 4) is 5.75 Å². The van der Waals surface area contributed by atoms with Gasteiger partial charge in [-0.15, -0.1) is 0 Å². The van der Waals surface area contributed by atoms with Crippen LogP contribution in [0.5, 0.6) is 5.75 Å². The van der Waals surface area contributed by atoms with Crippen LogP contribution in [0, 0.1) is 0 Å². The summed E-state index contributed by atoms with van der Waals surface area (Å²) in [4.78, 5) is 32.0. The molecule has 0 fully saturated rings. The van der Waals surface area contributed by atoms with E-state index < -0.39 is 12.0 Å². The summed E-state index contributed by atoms with van der Waals surface area (Å²) in [6.45, 7) is 9.17. The van der Waals surface area contributed by atoms with E-state index in [1.165, 1.54) is 15.9 Å². The zero-order valence-corrected chi connectivity index (χ0v) is 22.9. The van der Waals surface area contributed by atoms with Crippen LogP contribution in [-0.2, 0) is 9.53 Å². The van der Waals surface area contributed by atoms with Gasteiger partial charge in [-0.25, -0.2) is 9.79 Å². The van der Waals surface area contributed by atoms with Crippen molar-refractivity contribution in [2.75, 3.05) is 0 Å². The van der Waals surface area contributed by atoms with E-state index in [-0.39, 0.29) is 17.8 Å². The number of hydrogen-bond acceptors (Lipinski definition) is 6. The van der Waals surface area contributed by atoms with Gasteiger partial charge in [0, 0.05) is 15.6 Å². The summed E-state index contributed by atoms with van der Waals surface area (Å²) >= 11 is 13.6. The molecule has 0 amide bonds. The monoisotopic (exact) mass is 544 g/mol. The number of nitrogens with zero attached hydrogens (tertiary/aromatic N) is 2. The SMILES string of the molecule is CC1=C(C(=O)OC(C)C)C(c2ccc(Cl)cc2)n2c(sc(=Cc3cc(Cl)ccc3OC(C)C)c2=O)=N1. The van der Waals surface area contributed by atoms with Crippen LogP contribution < -0.4 is 19.6 Å². The number of fused-ring (bicyclic) bond motifs is 1. The maximum absolute atomic E-state index is 13.8. The molecule has 1 atom stereocenters. The number of thiazole rings is 1. The van der Waals surface area contributed by atoms with Crippen molar-refractivity contribution < 1.29 is 14.3 Å². The Hall–Kier alpha value is -2.87. The van der Waals surface area contributed by atoms with E-state index in [2.05, 4.69) is 4.99 Å². The minimum Gasteiger partial charge on any atom is -0.490 e. The molecule has 0 radical (unpaired) electrons. The predicted molar refractivity (Wildman–Crippen MR) is 144 cm³/mol.